The Morgan fingerprint density at radius 2 is 1.50 bits per heavy atom. The molecule has 192 valence electrons. The number of rotatable bonds is 8. The molecule has 0 heterocycles. The third kappa shape index (κ3) is 4.31. The number of fused-ring (bicyclic) bond motifs is 4. The quantitative estimate of drug-likeness (QED) is 0.387. The summed E-state index contributed by atoms with van der Waals surface area (Å²) in [5.41, 5.74) is 1.38. The van der Waals surface area contributed by atoms with Crippen molar-refractivity contribution >= 4 is 55.8 Å². The molecule has 0 saturated heterocycles. The van der Waals surface area contributed by atoms with Gasteiger partial charge in [-0.2, -0.15) is 8.42 Å². The van der Waals surface area contributed by atoms with Crippen molar-refractivity contribution in [2.75, 3.05) is 5.75 Å². The van der Waals surface area contributed by atoms with Crippen LogP contribution in [0.1, 0.15) is 36.5 Å². The highest BCUT2D eigenvalue weighted by Crippen LogP contribution is 2.49. The van der Waals surface area contributed by atoms with Crippen LogP contribution in [0.2, 0.25) is 0 Å². The minimum Gasteiger partial charge on any atom is -0.478 e. The van der Waals surface area contributed by atoms with Crippen LogP contribution in [-0.4, -0.2) is 42.0 Å². The van der Waals surface area contributed by atoms with Gasteiger partial charge in [0.25, 0.3) is 0 Å². The highest BCUT2D eigenvalue weighted by Gasteiger charge is 2.41. The highest BCUT2D eigenvalue weighted by molar-refractivity contribution is 7.86. The van der Waals surface area contributed by atoms with Crippen LogP contribution in [0.3, 0.4) is 0 Å². The first-order chi connectivity index (χ1) is 18.2. The molecule has 0 amide bonds. The van der Waals surface area contributed by atoms with Crippen LogP contribution in [-0.2, 0) is 24.0 Å². The van der Waals surface area contributed by atoms with Crippen LogP contribution in [0, 0.1) is 0 Å². The molecule has 0 unspecified atom stereocenters. The second kappa shape index (κ2) is 9.75. The van der Waals surface area contributed by atoms with Crippen molar-refractivity contribution < 1.29 is 32.5 Å². The minimum atomic E-state index is -4.11. The maximum absolute atomic E-state index is 12.8. The summed E-state index contributed by atoms with van der Waals surface area (Å²) < 4.78 is 29.8. The van der Waals surface area contributed by atoms with Crippen molar-refractivity contribution in [3.8, 4) is 0 Å². The lowest BCUT2D eigenvalue weighted by Gasteiger charge is -2.25. The average Bonchev–Trinajstić information content (AvgIpc) is 3.29. The molecule has 3 aromatic rings. The fourth-order valence-electron chi connectivity index (χ4n) is 4.86. The van der Waals surface area contributed by atoms with Gasteiger partial charge < -0.3 is 10.2 Å². The number of carboxylic acids is 2. The number of hydrogen-bond donors (Lipinski definition) is 2. The first kappa shape index (κ1) is 25.2. The molecule has 9 heteroatoms. The van der Waals surface area contributed by atoms with Crippen molar-refractivity contribution in [2.45, 2.75) is 19.8 Å². The second-order valence-corrected chi connectivity index (χ2v) is 10.6. The number of hydrogen-bond acceptors (Lipinski definition) is 6. The predicted molar refractivity (Wildman–Crippen MR) is 145 cm³/mol. The summed E-state index contributed by atoms with van der Waals surface area (Å²) in [7, 11) is -4.11. The van der Waals surface area contributed by atoms with Crippen molar-refractivity contribution in [3.05, 3.63) is 100 Å². The smallest absolute Gasteiger partial charge is 0.338 e. The van der Waals surface area contributed by atoms with E-state index in [2.05, 4.69) is 5.16 Å². The van der Waals surface area contributed by atoms with E-state index in [1.54, 1.807) is 36.4 Å². The lowest BCUT2D eigenvalue weighted by Crippen LogP contribution is -2.26. The summed E-state index contributed by atoms with van der Waals surface area (Å²) in [5, 5.41) is 26.0. The van der Waals surface area contributed by atoms with Gasteiger partial charge >= 0.3 is 22.1 Å². The van der Waals surface area contributed by atoms with Gasteiger partial charge in [0.05, 0.1) is 11.3 Å². The summed E-state index contributed by atoms with van der Waals surface area (Å²) >= 11 is 0. The van der Waals surface area contributed by atoms with Crippen molar-refractivity contribution in [2.24, 2.45) is 5.16 Å². The Balaban J connectivity index is 1.87. The normalized spacial score (nSPS) is 15.9. The van der Waals surface area contributed by atoms with E-state index in [0.717, 1.165) is 10.8 Å². The number of benzene rings is 3. The topological polar surface area (TPSA) is 130 Å². The number of allylic oxidation sites excluding steroid dienone is 2. The standard InChI is InChI=1S/C29H23NO7S/c1-2-3-15-38(35,36)37-30-27-22-16-18-10-5-7-13-20(18)23(22)24(25(28(31)32)26(27)29(33)34)21-14-8-11-17-9-4-6-12-19(17)21/h4-14,16H,2-3,15H2,1H3,(H,31,32)(H,33,34). The molecular formula is C29H23NO7S. The molecule has 2 aliphatic rings. The Hall–Kier alpha value is -4.50. The number of aliphatic carboxylic acids is 2. The maximum Gasteiger partial charge on any atom is 0.338 e. The Labute approximate surface area is 219 Å². The van der Waals surface area contributed by atoms with Gasteiger partial charge in [-0.1, -0.05) is 85.2 Å². The molecule has 0 saturated carbocycles. The number of nitrogens with zero attached hydrogens (tertiary/aromatic N) is 1. The van der Waals surface area contributed by atoms with Crippen molar-refractivity contribution in [1.82, 2.24) is 0 Å². The highest BCUT2D eigenvalue weighted by atomic mass is 32.2. The molecule has 0 radical (unpaired) electrons. The monoisotopic (exact) mass is 529 g/mol. The van der Waals surface area contributed by atoms with Crippen LogP contribution in [0.25, 0.3) is 28.0 Å². The van der Waals surface area contributed by atoms with Gasteiger partial charge in [0.15, 0.2) is 0 Å². The van der Waals surface area contributed by atoms with Gasteiger partial charge in [0.2, 0.25) is 0 Å². The molecule has 0 atom stereocenters. The van der Waals surface area contributed by atoms with E-state index in [-0.39, 0.29) is 22.6 Å². The van der Waals surface area contributed by atoms with Crippen LogP contribution in [0.5, 0.6) is 0 Å². The van der Waals surface area contributed by atoms with E-state index in [0.29, 0.717) is 35.1 Å². The fraction of sp³-hybridized carbons (Fsp3) is 0.138. The number of oxime groups is 1. The van der Waals surface area contributed by atoms with Gasteiger partial charge in [0.1, 0.15) is 11.3 Å². The fourth-order valence-corrected chi connectivity index (χ4v) is 5.77. The molecule has 8 nitrogen and oxygen atoms in total. The summed E-state index contributed by atoms with van der Waals surface area (Å²) in [5.74, 6) is -3.35. The zero-order valence-corrected chi connectivity index (χ0v) is 21.2. The molecule has 2 aliphatic carbocycles. The van der Waals surface area contributed by atoms with E-state index in [1.807, 2.05) is 43.3 Å². The lowest BCUT2D eigenvalue weighted by molar-refractivity contribution is -0.135. The van der Waals surface area contributed by atoms with E-state index in [4.69, 9.17) is 4.28 Å². The van der Waals surface area contributed by atoms with E-state index in [1.165, 1.54) is 0 Å². The Morgan fingerprint density at radius 1 is 0.842 bits per heavy atom. The third-order valence-electron chi connectivity index (χ3n) is 6.52. The summed E-state index contributed by atoms with van der Waals surface area (Å²) in [6.07, 6.45) is 2.61. The molecule has 0 bridgehead atoms. The summed E-state index contributed by atoms with van der Waals surface area (Å²) in [6, 6.07) is 20.0. The number of unbranched alkanes of at least 4 members (excludes halogenated alkanes) is 1. The van der Waals surface area contributed by atoms with Crippen LogP contribution in [0.15, 0.2) is 88.6 Å². The maximum atomic E-state index is 12.8. The third-order valence-corrected chi connectivity index (χ3v) is 7.61. The lowest BCUT2D eigenvalue weighted by atomic mass is 9.77. The van der Waals surface area contributed by atoms with E-state index in [9.17, 15) is 28.2 Å². The Morgan fingerprint density at radius 3 is 2.24 bits per heavy atom. The van der Waals surface area contributed by atoms with Gasteiger partial charge in [-0.25, -0.2) is 9.59 Å². The molecule has 0 fully saturated rings. The average molecular weight is 530 g/mol. The zero-order valence-electron chi connectivity index (χ0n) is 20.3. The first-order valence-electron chi connectivity index (χ1n) is 12.0. The van der Waals surface area contributed by atoms with Gasteiger partial charge in [-0.05, 0) is 40.0 Å². The van der Waals surface area contributed by atoms with Crippen LogP contribution in [0.4, 0.5) is 0 Å². The summed E-state index contributed by atoms with van der Waals surface area (Å²) in [4.78, 5) is 25.4. The summed E-state index contributed by atoms with van der Waals surface area (Å²) in [6.45, 7) is 1.82. The van der Waals surface area contributed by atoms with Crippen molar-refractivity contribution in [3.63, 3.8) is 0 Å². The molecule has 5 rings (SSSR count). The van der Waals surface area contributed by atoms with Crippen LogP contribution >= 0.6 is 0 Å². The molecular weight excluding hydrogens is 506 g/mol. The first-order valence-corrected chi connectivity index (χ1v) is 13.6. The SMILES string of the molecule is CCCCS(=O)(=O)ON=C1C2=Cc3ccccc3C2=C(c2cccc3ccccc23)C(C(=O)O)=C1C(=O)O. The Kier molecular flexibility index (Phi) is 6.46. The van der Waals surface area contributed by atoms with Crippen molar-refractivity contribution in [1.29, 1.82) is 0 Å². The molecule has 38 heavy (non-hydrogen) atoms. The van der Waals surface area contributed by atoms with Gasteiger partial charge in [-0.15, -0.1) is 0 Å². The Bertz CT molecular complexity index is 1740. The largest absolute Gasteiger partial charge is 0.478 e. The minimum absolute atomic E-state index is 0.218. The molecule has 0 spiro atoms. The number of carboxylic acid groups (broad SMARTS) is 2. The molecule has 2 N–H and O–H groups in total. The van der Waals surface area contributed by atoms with Gasteiger partial charge in [-0.3, -0.25) is 4.28 Å². The number of carbonyl (C=O) groups is 2. The second-order valence-electron chi connectivity index (χ2n) is 8.91. The van der Waals surface area contributed by atoms with Gasteiger partial charge in [0, 0.05) is 16.7 Å². The molecule has 0 aromatic heterocycles. The van der Waals surface area contributed by atoms with E-state index >= 15 is 0 Å². The van der Waals surface area contributed by atoms with E-state index < -0.39 is 33.2 Å². The zero-order chi connectivity index (χ0) is 27.0. The van der Waals surface area contributed by atoms with Crippen LogP contribution < -0.4 is 0 Å². The molecule has 0 aliphatic heterocycles. The molecule has 3 aromatic carbocycles. The predicted octanol–water partition coefficient (Wildman–Crippen LogP) is 5.13.